The van der Waals surface area contributed by atoms with Crippen molar-refractivity contribution in [1.82, 2.24) is 20.0 Å². The van der Waals surface area contributed by atoms with Gasteiger partial charge >= 0.3 is 0 Å². The van der Waals surface area contributed by atoms with Gasteiger partial charge in [-0.15, -0.1) is 0 Å². The first-order chi connectivity index (χ1) is 11.2. The van der Waals surface area contributed by atoms with Crippen molar-refractivity contribution >= 4 is 5.91 Å². The van der Waals surface area contributed by atoms with Crippen molar-refractivity contribution in [2.75, 3.05) is 34.4 Å². The lowest BCUT2D eigenvalue weighted by atomic mass is 9.88. The van der Waals surface area contributed by atoms with Crippen molar-refractivity contribution in [3.8, 4) is 0 Å². The molecular formula is C18H32N4O2. The first kappa shape index (κ1) is 18.9. The van der Waals surface area contributed by atoms with E-state index in [-0.39, 0.29) is 16.9 Å². The molecule has 0 unspecified atom stereocenters. The molecule has 24 heavy (non-hydrogen) atoms. The number of likely N-dealkylation sites (tertiary alicyclic amines) is 1. The van der Waals surface area contributed by atoms with Gasteiger partial charge in [-0.1, -0.05) is 20.8 Å². The minimum absolute atomic E-state index is 0.0227. The second-order valence-corrected chi connectivity index (χ2v) is 8.17. The summed E-state index contributed by atoms with van der Waals surface area (Å²) >= 11 is 0. The van der Waals surface area contributed by atoms with Crippen LogP contribution in [0.25, 0.3) is 0 Å². The van der Waals surface area contributed by atoms with Crippen LogP contribution in [0, 0.1) is 0 Å². The molecule has 6 nitrogen and oxygen atoms in total. The topological polar surface area (TPSA) is 61.5 Å². The average molecular weight is 336 g/mol. The molecule has 1 saturated heterocycles. The molecule has 0 radical (unpaired) electrons. The Balaban J connectivity index is 2.24. The number of ether oxygens (including phenoxy) is 1. The number of rotatable bonds is 6. The highest BCUT2D eigenvalue weighted by Gasteiger charge is 2.43. The molecular weight excluding hydrogens is 304 g/mol. The van der Waals surface area contributed by atoms with Gasteiger partial charge in [0, 0.05) is 50.8 Å². The molecule has 0 spiro atoms. The molecule has 1 aliphatic heterocycles. The van der Waals surface area contributed by atoms with E-state index in [1.807, 2.05) is 20.3 Å². The Morgan fingerprint density at radius 1 is 1.46 bits per heavy atom. The highest BCUT2D eigenvalue weighted by Crippen LogP contribution is 2.36. The largest absolute Gasteiger partial charge is 0.383 e. The van der Waals surface area contributed by atoms with Gasteiger partial charge in [0.2, 0.25) is 5.91 Å². The molecule has 1 amide bonds. The van der Waals surface area contributed by atoms with Crippen LogP contribution in [-0.2, 0) is 21.5 Å². The lowest BCUT2D eigenvalue weighted by Gasteiger charge is -2.38. The molecule has 136 valence electrons. The van der Waals surface area contributed by atoms with E-state index in [0.717, 1.165) is 25.9 Å². The predicted octanol–water partition coefficient (Wildman–Crippen LogP) is 2.17. The number of hydrogen-bond donors (Lipinski definition) is 1. The minimum atomic E-state index is -0.220. The van der Waals surface area contributed by atoms with E-state index in [1.165, 1.54) is 11.3 Å². The monoisotopic (exact) mass is 336 g/mol. The zero-order valence-corrected chi connectivity index (χ0v) is 16.0. The first-order valence-electron chi connectivity index (χ1n) is 8.66. The van der Waals surface area contributed by atoms with Crippen LogP contribution >= 0.6 is 0 Å². The standard InChI is InChI=1S/C18H32N4O2/c1-17(2,3)16-14(11-19-20-16)12-22-9-7-8-18(22,13-24-6)10-15(23)21(4)5/h11H,7-10,12-13H2,1-6H3,(H,19,20)/t18-/m0/s1. The van der Waals surface area contributed by atoms with E-state index in [4.69, 9.17) is 4.74 Å². The van der Waals surface area contributed by atoms with Crippen LogP contribution in [0.2, 0.25) is 0 Å². The van der Waals surface area contributed by atoms with Gasteiger partial charge in [-0.2, -0.15) is 5.10 Å². The highest BCUT2D eigenvalue weighted by molar-refractivity contribution is 5.77. The Kier molecular flexibility index (Phi) is 5.71. The molecule has 2 heterocycles. The zero-order valence-electron chi connectivity index (χ0n) is 16.0. The van der Waals surface area contributed by atoms with Crippen LogP contribution < -0.4 is 0 Å². The van der Waals surface area contributed by atoms with Gasteiger partial charge in [-0.05, 0) is 19.4 Å². The van der Waals surface area contributed by atoms with E-state index in [1.54, 1.807) is 12.0 Å². The van der Waals surface area contributed by atoms with Gasteiger partial charge in [0.25, 0.3) is 0 Å². The van der Waals surface area contributed by atoms with E-state index >= 15 is 0 Å². The summed E-state index contributed by atoms with van der Waals surface area (Å²) in [5, 5.41) is 7.41. The quantitative estimate of drug-likeness (QED) is 0.865. The molecule has 0 bridgehead atoms. The Hall–Kier alpha value is -1.40. The Bertz CT molecular complexity index is 562. The first-order valence-corrected chi connectivity index (χ1v) is 8.66. The normalized spacial score (nSPS) is 22.1. The fourth-order valence-corrected chi connectivity index (χ4v) is 3.65. The molecule has 1 aromatic heterocycles. The molecule has 1 aliphatic rings. The highest BCUT2D eigenvalue weighted by atomic mass is 16.5. The van der Waals surface area contributed by atoms with Crippen LogP contribution in [0.1, 0.15) is 51.3 Å². The lowest BCUT2D eigenvalue weighted by molar-refractivity contribution is -0.132. The number of nitrogens with one attached hydrogen (secondary N) is 1. The summed E-state index contributed by atoms with van der Waals surface area (Å²) < 4.78 is 5.52. The third-order valence-electron chi connectivity index (χ3n) is 4.96. The molecule has 1 aromatic rings. The van der Waals surface area contributed by atoms with Crippen LogP contribution in [0.5, 0.6) is 0 Å². The average Bonchev–Trinajstić information content (AvgIpc) is 3.07. The Morgan fingerprint density at radius 3 is 2.75 bits per heavy atom. The van der Waals surface area contributed by atoms with Gasteiger partial charge in [0.1, 0.15) is 0 Å². The maximum atomic E-state index is 12.4. The second-order valence-electron chi connectivity index (χ2n) is 8.17. The second kappa shape index (κ2) is 7.23. The van der Waals surface area contributed by atoms with Crippen molar-refractivity contribution in [3.63, 3.8) is 0 Å². The molecule has 1 fully saturated rings. The van der Waals surface area contributed by atoms with Crippen molar-refractivity contribution in [2.45, 2.75) is 57.5 Å². The minimum Gasteiger partial charge on any atom is -0.383 e. The van der Waals surface area contributed by atoms with Gasteiger partial charge in [0.05, 0.1) is 18.3 Å². The smallest absolute Gasteiger partial charge is 0.224 e. The van der Waals surface area contributed by atoms with Crippen molar-refractivity contribution in [1.29, 1.82) is 0 Å². The van der Waals surface area contributed by atoms with Crippen molar-refractivity contribution in [2.24, 2.45) is 0 Å². The number of hydrogen-bond acceptors (Lipinski definition) is 4. The van der Waals surface area contributed by atoms with Crippen molar-refractivity contribution in [3.05, 3.63) is 17.5 Å². The fraction of sp³-hybridized carbons (Fsp3) is 0.778. The van der Waals surface area contributed by atoms with Gasteiger partial charge in [0.15, 0.2) is 0 Å². The number of aromatic amines is 1. The predicted molar refractivity (Wildman–Crippen MR) is 94.8 cm³/mol. The molecule has 0 aromatic carbocycles. The van der Waals surface area contributed by atoms with Crippen molar-refractivity contribution < 1.29 is 9.53 Å². The number of aromatic nitrogens is 2. The lowest BCUT2D eigenvalue weighted by Crippen LogP contribution is -2.50. The van der Waals surface area contributed by atoms with E-state index < -0.39 is 0 Å². The molecule has 1 atom stereocenters. The summed E-state index contributed by atoms with van der Waals surface area (Å²) in [7, 11) is 5.35. The molecule has 0 aliphatic carbocycles. The number of nitrogens with zero attached hydrogens (tertiary/aromatic N) is 3. The third-order valence-corrected chi connectivity index (χ3v) is 4.96. The molecule has 0 saturated carbocycles. The van der Waals surface area contributed by atoms with Crippen LogP contribution in [0.15, 0.2) is 6.20 Å². The maximum absolute atomic E-state index is 12.4. The zero-order chi connectivity index (χ0) is 18.0. The van der Waals surface area contributed by atoms with Gasteiger partial charge < -0.3 is 9.64 Å². The number of carbonyl (C=O) groups is 1. The number of methoxy groups -OCH3 is 1. The number of carbonyl (C=O) groups excluding carboxylic acids is 1. The SMILES string of the molecule is COC[C@@]1(CC(=O)N(C)C)CCCN1Cc1cn[nH]c1C(C)(C)C. The van der Waals surface area contributed by atoms with E-state index in [2.05, 4.69) is 35.9 Å². The molecule has 6 heteroatoms. The van der Waals surface area contributed by atoms with Crippen LogP contribution in [0.3, 0.4) is 0 Å². The Labute approximate surface area is 145 Å². The number of amides is 1. The van der Waals surface area contributed by atoms with Gasteiger partial charge in [-0.25, -0.2) is 0 Å². The van der Waals surface area contributed by atoms with Gasteiger partial charge in [-0.3, -0.25) is 14.8 Å². The summed E-state index contributed by atoms with van der Waals surface area (Å²) in [6.45, 7) is 8.92. The van der Waals surface area contributed by atoms with Crippen LogP contribution in [-0.4, -0.2) is 65.8 Å². The maximum Gasteiger partial charge on any atom is 0.224 e. The summed E-state index contributed by atoms with van der Waals surface area (Å²) in [5.41, 5.74) is 2.18. The van der Waals surface area contributed by atoms with E-state index in [9.17, 15) is 4.79 Å². The summed E-state index contributed by atoms with van der Waals surface area (Å²) in [4.78, 5) is 16.5. The summed E-state index contributed by atoms with van der Waals surface area (Å²) in [6, 6.07) is 0. The molecule has 1 N–H and O–H groups in total. The summed E-state index contributed by atoms with van der Waals surface area (Å²) in [6.07, 6.45) is 4.50. The fourth-order valence-electron chi connectivity index (χ4n) is 3.65. The number of H-pyrrole nitrogens is 1. The van der Waals surface area contributed by atoms with E-state index in [0.29, 0.717) is 13.0 Å². The summed E-state index contributed by atoms with van der Waals surface area (Å²) in [5.74, 6) is 0.155. The molecule has 2 rings (SSSR count). The van der Waals surface area contributed by atoms with Crippen LogP contribution in [0.4, 0.5) is 0 Å². The Morgan fingerprint density at radius 2 is 2.17 bits per heavy atom. The third kappa shape index (κ3) is 3.98.